The molecule has 4 rings (SSSR count). The van der Waals surface area contributed by atoms with Crippen LogP contribution in [0.2, 0.25) is 0 Å². The van der Waals surface area contributed by atoms with Crippen molar-refractivity contribution >= 4 is 32.8 Å². The Morgan fingerprint density at radius 2 is 1.94 bits per heavy atom. The van der Waals surface area contributed by atoms with Gasteiger partial charge in [0.05, 0.1) is 23.6 Å². The predicted octanol–water partition coefficient (Wildman–Crippen LogP) is 2.52. The van der Waals surface area contributed by atoms with Crippen LogP contribution >= 0.6 is 0 Å². The van der Waals surface area contributed by atoms with Gasteiger partial charge in [0, 0.05) is 31.1 Å². The first kappa shape index (κ1) is 23.1. The maximum atomic E-state index is 11.7. The monoisotopic (exact) mass is 473 g/mol. The molecule has 10 nitrogen and oxygen atoms in total. The van der Waals surface area contributed by atoms with Gasteiger partial charge in [0.1, 0.15) is 11.6 Å². The standard InChI is InChI=1S/C22H27N5O5S/c1-22(2,21(28)29)13-32-15-8-10-27(11-9-15)17-6-4-14(12-23-17)19-24-16-5-7-18(33(3,30)31)25-20(16)26-19/h4-7,12,15H,8-11,13H2,1-3H3,(H,28,29)(H,24,25,26). The number of H-pyrrole nitrogens is 1. The van der Waals surface area contributed by atoms with Crippen LogP contribution in [0.1, 0.15) is 26.7 Å². The molecule has 0 radical (unpaired) electrons. The molecule has 0 aliphatic carbocycles. The molecule has 1 aliphatic rings. The number of piperidine rings is 1. The number of carboxylic acid groups (broad SMARTS) is 1. The topological polar surface area (TPSA) is 138 Å². The SMILES string of the molecule is CC(C)(COC1CCN(c2ccc(-c3nc4nc(S(C)(=O)=O)ccc4[nH]3)cn2)CC1)C(=O)O. The van der Waals surface area contributed by atoms with Crippen molar-refractivity contribution in [3.63, 3.8) is 0 Å². The maximum absolute atomic E-state index is 11.7. The van der Waals surface area contributed by atoms with Gasteiger partial charge in [-0.1, -0.05) is 0 Å². The lowest BCUT2D eigenvalue weighted by atomic mass is 9.95. The minimum absolute atomic E-state index is 0.0135. The maximum Gasteiger partial charge on any atom is 0.311 e. The molecule has 4 heterocycles. The number of anilines is 1. The van der Waals surface area contributed by atoms with Crippen LogP contribution in [-0.2, 0) is 19.4 Å². The van der Waals surface area contributed by atoms with Crippen LogP contribution in [0.4, 0.5) is 5.82 Å². The molecule has 33 heavy (non-hydrogen) atoms. The third-order valence-electron chi connectivity index (χ3n) is 5.75. The van der Waals surface area contributed by atoms with E-state index >= 15 is 0 Å². The summed E-state index contributed by atoms with van der Waals surface area (Å²) in [4.78, 5) is 29.7. The normalized spacial score (nSPS) is 15.8. The van der Waals surface area contributed by atoms with Crippen LogP contribution in [0.3, 0.4) is 0 Å². The number of imidazole rings is 1. The van der Waals surface area contributed by atoms with Crippen molar-refractivity contribution in [3.8, 4) is 11.4 Å². The van der Waals surface area contributed by atoms with Gasteiger partial charge in [0.15, 0.2) is 20.5 Å². The summed E-state index contributed by atoms with van der Waals surface area (Å²) < 4.78 is 29.3. The smallest absolute Gasteiger partial charge is 0.311 e. The van der Waals surface area contributed by atoms with E-state index in [1.165, 1.54) is 6.07 Å². The Bertz CT molecular complexity index is 1260. The third kappa shape index (κ3) is 5.14. The molecule has 1 fully saturated rings. The fourth-order valence-electron chi connectivity index (χ4n) is 3.57. The summed E-state index contributed by atoms with van der Waals surface area (Å²) in [6, 6.07) is 6.94. The lowest BCUT2D eigenvalue weighted by molar-refractivity contribution is -0.152. The highest BCUT2D eigenvalue weighted by molar-refractivity contribution is 7.90. The van der Waals surface area contributed by atoms with E-state index in [0.717, 1.165) is 43.6 Å². The first-order valence-corrected chi connectivity index (χ1v) is 12.6. The molecular formula is C22H27N5O5S. The van der Waals surface area contributed by atoms with Crippen LogP contribution in [0.15, 0.2) is 35.5 Å². The summed E-state index contributed by atoms with van der Waals surface area (Å²) in [6.45, 7) is 5.07. The highest BCUT2D eigenvalue weighted by Gasteiger charge is 2.30. The van der Waals surface area contributed by atoms with Gasteiger partial charge in [0.25, 0.3) is 0 Å². The number of pyridine rings is 2. The fraction of sp³-hybridized carbons (Fsp3) is 0.455. The van der Waals surface area contributed by atoms with E-state index in [9.17, 15) is 18.3 Å². The number of ether oxygens (including phenoxy) is 1. The summed E-state index contributed by atoms with van der Waals surface area (Å²) in [6.07, 6.45) is 4.48. The van der Waals surface area contributed by atoms with E-state index in [4.69, 9.17) is 4.74 Å². The first-order chi connectivity index (χ1) is 15.5. The zero-order chi connectivity index (χ0) is 23.8. The van der Waals surface area contributed by atoms with Crippen LogP contribution in [0.25, 0.3) is 22.6 Å². The van der Waals surface area contributed by atoms with Gasteiger partial charge in [0.2, 0.25) is 0 Å². The number of carboxylic acids is 1. The third-order valence-corrected chi connectivity index (χ3v) is 6.73. The Kier molecular flexibility index (Phi) is 6.10. The van der Waals surface area contributed by atoms with Gasteiger partial charge in [-0.25, -0.2) is 23.4 Å². The second-order valence-electron chi connectivity index (χ2n) is 8.97. The van der Waals surface area contributed by atoms with Gasteiger partial charge < -0.3 is 19.7 Å². The quantitative estimate of drug-likeness (QED) is 0.530. The molecule has 0 saturated carbocycles. The summed E-state index contributed by atoms with van der Waals surface area (Å²) in [5.41, 5.74) is 0.860. The zero-order valence-corrected chi connectivity index (χ0v) is 19.6. The number of hydrogen-bond acceptors (Lipinski definition) is 8. The summed E-state index contributed by atoms with van der Waals surface area (Å²) in [5.74, 6) is 0.548. The Labute approximate surface area is 192 Å². The molecule has 3 aromatic heterocycles. The molecule has 1 saturated heterocycles. The lowest BCUT2D eigenvalue weighted by Crippen LogP contribution is -2.39. The van der Waals surface area contributed by atoms with Gasteiger partial charge in [-0.3, -0.25) is 4.79 Å². The zero-order valence-electron chi connectivity index (χ0n) is 18.8. The van der Waals surface area contributed by atoms with Crippen molar-refractivity contribution in [2.75, 3.05) is 30.9 Å². The number of aromatic nitrogens is 4. The molecule has 0 atom stereocenters. The highest BCUT2D eigenvalue weighted by atomic mass is 32.2. The van der Waals surface area contributed by atoms with Crippen molar-refractivity contribution in [1.29, 1.82) is 0 Å². The van der Waals surface area contributed by atoms with Crippen LogP contribution in [0, 0.1) is 5.41 Å². The molecule has 3 aromatic rings. The number of nitrogens with one attached hydrogen (secondary N) is 1. The highest BCUT2D eigenvalue weighted by Crippen LogP contribution is 2.25. The van der Waals surface area contributed by atoms with Crippen LogP contribution in [0.5, 0.6) is 0 Å². The summed E-state index contributed by atoms with van der Waals surface area (Å²) in [7, 11) is -3.40. The van der Waals surface area contributed by atoms with Crippen molar-refractivity contribution in [3.05, 3.63) is 30.5 Å². The Morgan fingerprint density at radius 1 is 1.21 bits per heavy atom. The summed E-state index contributed by atoms with van der Waals surface area (Å²) >= 11 is 0. The minimum atomic E-state index is -3.40. The number of aliphatic carboxylic acids is 1. The van der Waals surface area contributed by atoms with E-state index < -0.39 is 21.2 Å². The van der Waals surface area contributed by atoms with Crippen molar-refractivity contribution in [2.24, 2.45) is 5.41 Å². The average Bonchev–Trinajstić information content (AvgIpc) is 3.21. The molecule has 2 N–H and O–H groups in total. The first-order valence-electron chi connectivity index (χ1n) is 10.7. The number of nitrogens with zero attached hydrogens (tertiary/aromatic N) is 4. The fourth-order valence-corrected chi connectivity index (χ4v) is 4.14. The van der Waals surface area contributed by atoms with Crippen LogP contribution in [-0.4, -0.2) is 71.5 Å². The van der Waals surface area contributed by atoms with E-state index in [1.807, 2.05) is 12.1 Å². The molecule has 0 spiro atoms. The number of aromatic amines is 1. The molecule has 1 aliphatic heterocycles. The van der Waals surface area contributed by atoms with E-state index in [1.54, 1.807) is 26.1 Å². The lowest BCUT2D eigenvalue weighted by Gasteiger charge is -2.34. The van der Waals surface area contributed by atoms with Crippen molar-refractivity contribution in [1.82, 2.24) is 19.9 Å². The molecule has 0 aromatic carbocycles. The number of fused-ring (bicyclic) bond motifs is 1. The van der Waals surface area contributed by atoms with Gasteiger partial charge in [-0.05, 0) is 51.0 Å². The molecule has 0 amide bonds. The summed E-state index contributed by atoms with van der Waals surface area (Å²) in [5, 5.41) is 9.21. The molecule has 0 unspecified atom stereocenters. The average molecular weight is 474 g/mol. The number of carbonyl (C=O) groups is 1. The second-order valence-corrected chi connectivity index (χ2v) is 10.9. The van der Waals surface area contributed by atoms with Crippen molar-refractivity contribution in [2.45, 2.75) is 37.8 Å². The predicted molar refractivity (Wildman–Crippen MR) is 123 cm³/mol. The molecule has 0 bridgehead atoms. The second kappa shape index (κ2) is 8.71. The number of hydrogen-bond donors (Lipinski definition) is 2. The Morgan fingerprint density at radius 3 is 2.55 bits per heavy atom. The number of rotatable bonds is 7. The van der Waals surface area contributed by atoms with Crippen molar-refractivity contribution < 1.29 is 23.1 Å². The van der Waals surface area contributed by atoms with Gasteiger partial charge in [-0.2, -0.15) is 0 Å². The van der Waals surface area contributed by atoms with Gasteiger partial charge >= 0.3 is 5.97 Å². The minimum Gasteiger partial charge on any atom is -0.481 e. The molecular weight excluding hydrogens is 446 g/mol. The van der Waals surface area contributed by atoms with Crippen LogP contribution < -0.4 is 4.90 Å². The number of sulfone groups is 1. The Balaban J connectivity index is 1.39. The van der Waals surface area contributed by atoms with E-state index in [2.05, 4.69) is 24.8 Å². The molecule has 176 valence electrons. The van der Waals surface area contributed by atoms with E-state index in [0.29, 0.717) is 17.0 Å². The van der Waals surface area contributed by atoms with Gasteiger partial charge in [-0.15, -0.1) is 0 Å². The molecule has 11 heteroatoms. The Hall–Kier alpha value is -3.05. The largest absolute Gasteiger partial charge is 0.481 e. The van der Waals surface area contributed by atoms with E-state index in [-0.39, 0.29) is 17.7 Å².